The van der Waals surface area contributed by atoms with Gasteiger partial charge in [-0.2, -0.15) is 0 Å². The van der Waals surface area contributed by atoms with E-state index < -0.39 is 6.09 Å². The second kappa shape index (κ2) is 7.32. The highest BCUT2D eigenvalue weighted by Crippen LogP contribution is 2.17. The van der Waals surface area contributed by atoms with Gasteiger partial charge in [-0.3, -0.25) is 10.2 Å². The number of amides is 2. The minimum atomic E-state index is -0.654. The van der Waals surface area contributed by atoms with Gasteiger partial charge in [0.15, 0.2) is 0 Å². The molecule has 0 aliphatic rings. The molecule has 0 saturated carbocycles. The lowest BCUT2D eigenvalue weighted by molar-refractivity contribution is -0.122. The number of ether oxygens (including phenoxy) is 1. The molecular formula is C13H18N2O3. The number of hydrazine groups is 1. The van der Waals surface area contributed by atoms with Crippen LogP contribution in [0, 0.1) is 0 Å². The average Bonchev–Trinajstić information content (AvgIpc) is 2.38. The van der Waals surface area contributed by atoms with Crippen LogP contribution in [0.25, 0.3) is 0 Å². The van der Waals surface area contributed by atoms with Gasteiger partial charge in [0.1, 0.15) is 0 Å². The Balaban J connectivity index is 2.34. The maximum absolute atomic E-state index is 11.6. The molecule has 98 valence electrons. The molecule has 0 fully saturated rings. The lowest BCUT2D eigenvalue weighted by Gasteiger charge is -2.12. The lowest BCUT2D eigenvalue weighted by atomic mass is 9.98. The number of hydrogen-bond donors (Lipinski definition) is 2. The van der Waals surface area contributed by atoms with Crippen LogP contribution in [0.2, 0.25) is 0 Å². The second-order valence-corrected chi connectivity index (χ2v) is 3.91. The quantitative estimate of drug-likeness (QED) is 0.803. The third kappa shape index (κ3) is 4.86. The van der Waals surface area contributed by atoms with Crippen molar-refractivity contribution in [2.24, 2.45) is 0 Å². The van der Waals surface area contributed by atoms with Gasteiger partial charge >= 0.3 is 6.09 Å². The van der Waals surface area contributed by atoms with Crippen molar-refractivity contribution in [3.8, 4) is 0 Å². The summed E-state index contributed by atoms with van der Waals surface area (Å²) in [5, 5.41) is 0. The highest BCUT2D eigenvalue weighted by molar-refractivity contribution is 5.79. The van der Waals surface area contributed by atoms with E-state index in [4.69, 9.17) is 0 Å². The summed E-state index contributed by atoms with van der Waals surface area (Å²) in [6, 6.07) is 9.73. The summed E-state index contributed by atoms with van der Waals surface area (Å²) < 4.78 is 4.62. The Morgan fingerprint density at radius 2 is 1.89 bits per heavy atom. The first-order valence-corrected chi connectivity index (χ1v) is 5.90. The molecule has 2 amide bonds. The number of carbonyl (C=O) groups is 2. The molecule has 0 aliphatic carbocycles. The van der Waals surface area contributed by atoms with E-state index in [9.17, 15) is 9.59 Å². The van der Waals surface area contributed by atoms with Gasteiger partial charge < -0.3 is 4.74 Å². The maximum Gasteiger partial charge on any atom is 0.426 e. The summed E-state index contributed by atoms with van der Waals surface area (Å²) in [4.78, 5) is 22.5. The zero-order valence-electron chi connectivity index (χ0n) is 10.6. The molecule has 0 radical (unpaired) electrons. The molecule has 2 N–H and O–H groups in total. The van der Waals surface area contributed by atoms with E-state index >= 15 is 0 Å². The van der Waals surface area contributed by atoms with E-state index in [0.29, 0.717) is 6.42 Å². The van der Waals surface area contributed by atoms with Crippen LogP contribution in [0.1, 0.15) is 31.7 Å². The largest absolute Gasteiger partial charge is 0.449 e. The van der Waals surface area contributed by atoms with Crippen molar-refractivity contribution in [2.45, 2.75) is 26.2 Å². The summed E-state index contributed by atoms with van der Waals surface area (Å²) in [5.41, 5.74) is 5.57. The Morgan fingerprint density at radius 1 is 1.22 bits per heavy atom. The Hall–Kier alpha value is -2.04. The van der Waals surface area contributed by atoms with E-state index in [0.717, 1.165) is 5.56 Å². The molecule has 1 aromatic carbocycles. The maximum atomic E-state index is 11.6. The Bertz CT molecular complexity index is 392. The van der Waals surface area contributed by atoms with Gasteiger partial charge in [0.2, 0.25) is 5.91 Å². The van der Waals surface area contributed by atoms with Crippen LogP contribution in [0.15, 0.2) is 30.3 Å². The van der Waals surface area contributed by atoms with Crippen molar-refractivity contribution in [3.63, 3.8) is 0 Å². The number of rotatable bonds is 4. The molecule has 1 unspecified atom stereocenters. The third-order valence-electron chi connectivity index (χ3n) is 2.44. The van der Waals surface area contributed by atoms with Crippen LogP contribution in [-0.4, -0.2) is 18.6 Å². The van der Waals surface area contributed by atoms with Crippen molar-refractivity contribution in [1.29, 1.82) is 0 Å². The minimum absolute atomic E-state index is 0.0928. The van der Waals surface area contributed by atoms with Gasteiger partial charge in [0, 0.05) is 6.42 Å². The molecule has 0 bridgehead atoms. The minimum Gasteiger partial charge on any atom is -0.449 e. The van der Waals surface area contributed by atoms with Gasteiger partial charge in [-0.1, -0.05) is 37.3 Å². The summed E-state index contributed by atoms with van der Waals surface area (Å²) in [6.07, 6.45) is -0.352. The fourth-order valence-corrected chi connectivity index (χ4v) is 1.52. The van der Waals surface area contributed by atoms with Gasteiger partial charge in [-0.15, -0.1) is 0 Å². The summed E-state index contributed by atoms with van der Waals surface area (Å²) in [6.45, 7) is 3.92. The molecule has 0 aromatic heterocycles. The van der Waals surface area contributed by atoms with Crippen LogP contribution in [-0.2, 0) is 9.53 Å². The van der Waals surface area contributed by atoms with Crippen molar-refractivity contribution < 1.29 is 14.3 Å². The molecule has 1 aromatic rings. The predicted octanol–water partition coefficient (Wildman–Crippen LogP) is 1.96. The van der Waals surface area contributed by atoms with Crippen LogP contribution >= 0.6 is 0 Å². The Labute approximate surface area is 106 Å². The van der Waals surface area contributed by atoms with E-state index in [2.05, 4.69) is 15.6 Å². The second-order valence-electron chi connectivity index (χ2n) is 3.91. The molecule has 0 aliphatic heterocycles. The molecule has 0 saturated heterocycles. The van der Waals surface area contributed by atoms with E-state index in [1.54, 1.807) is 6.92 Å². The predicted molar refractivity (Wildman–Crippen MR) is 67.8 cm³/mol. The summed E-state index contributed by atoms with van der Waals surface area (Å²) in [7, 11) is 0. The summed E-state index contributed by atoms with van der Waals surface area (Å²) >= 11 is 0. The van der Waals surface area contributed by atoms with Crippen LogP contribution in [0.3, 0.4) is 0 Å². The van der Waals surface area contributed by atoms with Gasteiger partial charge in [0.25, 0.3) is 0 Å². The van der Waals surface area contributed by atoms with E-state index in [1.165, 1.54) is 0 Å². The SMILES string of the molecule is CCOC(=O)NNC(=O)CC(C)c1ccccc1. The molecule has 0 spiro atoms. The Kier molecular flexibility index (Phi) is 5.70. The summed E-state index contributed by atoms with van der Waals surface area (Å²) in [5.74, 6) is -0.158. The molecule has 18 heavy (non-hydrogen) atoms. The van der Waals surface area contributed by atoms with Crippen molar-refractivity contribution in [2.75, 3.05) is 6.61 Å². The highest BCUT2D eigenvalue weighted by Gasteiger charge is 2.11. The third-order valence-corrected chi connectivity index (χ3v) is 2.44. The molecule has 1 rings (SSSR count). The van der Waals surface area contributed by atoms with Gasteiger partial charge in [-0.25, -0.2) is 10.2 Å². The molecule has 5 nitrogen and oxygen atoms in total. The number of carbonyl (C=O) groups excluding carboxylic acids is 2. The van der Waals surface area contributed by atoms with Crippen LogP contribution < -0.4 is 10.9 Å². The molecule has 5 heteroatoms. The smallest absolute Gasteiger partial charge is 0.426 e. The first kappa shape index (κ1) is 14.0. The van der Waals surface area contributed by atoms with E-state index in [-0.39, 0.29) is 18.4 Å². The zero-order valence-corrected chi connectivity index (χ0v) is 10.6. The van der Waals surface area contributed by atoms with Gasteiger partial charge in [0.05, 0.1) is 6.61 Å². The number of benzene rings is 1. The first-order chi connectivity index (χ1) is 8.63. The fraction of sp³-hybridized carbons (Fsp3) is 0.385. The van der Waals surface area contributed by atoms with Gasteiger partial charge in [-0.05, 0) is 18.4 Å². The van der Waals surface area contributed by atoms with Crippen LogP contribution in [0.5, 0.6) is 0 Å². The monoisotopic (exact) mass is 250 g/mol. The molecular weight excluding hydrogens is 232 g/mol. The zero-order chi connectivity index (χ0) is 13.4. The average molecular weight is 250 g/mol. The lowest BCUT2D eigenvalue weighted by Crippen LogP contribution is -2.42. The molecule has 0 heterocycles. The normalized spacial score (nSPS) is 11.4. The van der Waals surface area contributed by atoms with E-state index in [1.807, 2.05) is 37.3 Å². The number of hydrogen-bond acceptors (Lipinski definition) is 3. The van der Waals surface area contributed by atoms with Crippen molar-refractivity contribution in [3.05, 3.63) is 35.9 Å². The van der Waals surface area contributed by atoms with Crippen LogP contribution in [0.4, 0.5) is 4.79 Å². The number of nitrogens with one attached hydrogen (secondary N) is 2. The standard InChI is InChI=1S/C13H18N2O3/c1-3-18-13(17)15-14-12(16)9-10(2)11-7-5-4-6-8-11/h4-8,10H,3,9H2,1-2H3,(H,14,16)(H,15,17). The topological polar surface area (TPSA) is 67.4 Å². The fourth-order valence-electron chi connectivity index (χ4n) is 1.52. The highest BCUT2D eigenvalue weighted by atomic mass is 16.5. The Morgan fingerprint density at radius 3 is 2.50 bits per heavy atom. The van der Waals surface area contributed by atoms with Crippen molar-refractivity contribution in [1.82, 2.24) is 10.9 Å². The first-order valence-electron chi connectivity index (χ1n) is 5.90. The van der Waals surface area contributed by atoms with Crippen molar-refractivity contribution >= 4 is 12.0 Å². The molecule has 1 atom stereocenters.